The van der Waals surface area contributed by atoms with E-state index in [0.717, 1.165) is 31.9 Å². The van der Waals surface area contributed by atoms with Crippen LogP contribution in [0.3, 0.4) is 0 Å². The van der Waals surface area contributed by atoms with Gasteiger partial charge in [-0.1, -0.05) is 6.07 Å². The van der Waals surface area contributed by atoms with Gasteiger partial charge >= 0.3 is 0 Å². The molecule has 2 atom stereocenters. The topological polar surface area (TPSA) is 77.5 Å². The van der Waals surface area contributed by atoms with E-state index in [9.17, 15) is 0 Å². The van der Waals surface area contributed by atoms with Crippen LogP contribution in [0.25, 0.3) is 0 Å². The van der Waals surface area contributed by atoms with Crippen LogP contribution in [0.2, 0.25) is 0 Å². The molecule has 2 aromatic heterocycles. The van der Waals surface area contributed by atoms with Crippen molar-refractivity contribution in [1.29, 1.82) is 0 Å². The first-order valence-corrected chi connectivity index (χ1v) is 10.0. The zero-order chi connectivity index (χ0) is 19.2. The molecule has 0 radical (unpaired) electrons. The van der Waals surface area contributed by atoms with E-state index in [1.54, 1.807) is 7.11 Å². The van der Waals surface area contributed by atoms with Crippen molar-refractivity contribution < 1.29 is 14.2 Å². The molecule has 2 fully saturated rings. The van der Waals surface area contributed by atoms with Crippen molar-refractivity contribution in [2.45, 2.75) is 37.8 Å². The predicted octanol–water partition coefficient (Wildman–Crippen LogP) is 2.73. The molecule has 2 aliphatic heterocycles. The van der Waals surface area contributed by atoms with Crippen LogP contribution in [0.15, 0.2) is 30.5 Å². The summed E-state index contributed by atoms with van der Waals surface area (Å²) in [7, 11) is 1.63. The van der Waals surface area contributed by atoms with E-state index in [0.29, 0.717) is 30.7 Å². The number of hydrogen-bond donors (Lipinski definition) is 2. The molecule has 0 bridgehead atoms. The number of hydrogen-bond acceptors (Lipinski definition) is 7. The lowest BCUT2D eigenvalue weighted by Crippen LogP contribution is -2.29. The number of nitrogens with zero attached hydrogens (tertiary/aromatic N) is 2. The lowest BCUT2D eigenvalue weighted by atomic mass is 9.92. The lowest BCUT2D eigenvalue weighted by Gasteiger charge is -2.24. The molecule has 0 aromatic carbocycles. The molecule has 0 spiro atoms. The van der Waals surface area contributed by atoms with E-state index >= 15 is 0 Å². The Bertz CT molecular complexity index is 774. The number of piperidine rings is 1. The molecule has 0 saturated carbocycles. The standard InChI is InChI=1S/C21H28N4O3/c1-26-18-6-7-19(25-21(18)28-17-8-11-27-14-17)24-13-16-5-3-10-23-20(16)15-4-2-9-22-12-15/h3,5-7,10,15,17,22H,2,4,8-9,11-14H2,1H3,(H,24,25)/t15?,17-/m1/s1. The van der Waals surface area contributed by atoms with E-state index in [1.807, 2.05) is 24.4 Å². The summed E-state index contributed by atoms with van der Waals surface area (Å²) in [6.45, 7) is 4.08. The first kappa shape index (κ1) is 19.0. The molecule has 1 unspecified atom stereocenters. The summed E-state index contributed by atoms with van der Waals surface area (Å²) in [5.41, 5.74) is 2.38. The smallest absolute Gasteiger partial charge is 0.259 e. The van der Waals surface area contributed by atoms with Gasteiger partial charge in [0.05, 0.1) is 20.3 Å². The summed E-state index contributed by atoms with van der Waals surface area (Å²) in [6.07, 6.45) is 5.16. The quantitative estimate of drug-likeness (QED) is 0.760. The SMILES string of the molecule is COc1ccc(NCc2cccnc2C2CCCNC2)nc1O[C@@H]1CCOC1. The van der Waals surface area contributed by atoms with Gasteiger partial charge in [0.15, 0.2) is 5.75 Å². The molecule has 0 amide bonds. The van der Waals surface area contributed by atoms with Gasteiger partial charge in [0.1, 0.15) is 11.9 Å². The Morgan fingerprint density at radius 2 is 2.25 bits per heavy atom. The first-order chi connectivity index (χ1) is 13.8. The van der Waals surface area contributed by atoms with Crippen LogP contribution in [-0.2, 0) is 11.3 Å². The van der Waals surface area contributed by atoms with E-state index < -0.39 is 0 Å². The third-order valence-electron chi connectivity index (χ3n) is 5.28. The number of aromatic nitrogens is 2. The predicted molar refractivity (Wildman–Crippen MR) is 107 cm³/mol. The zero-order valence-corrected chi connectivity index (χ0v) is 16.3. The van der Waals surface area contributed by atoms with Crippen molar-refractivity contribution in [2.24, 2.45) is 0 Å². The fourth-order valence-corrected chi connectivity index (χ4v) is 3.77. The highest BCUT2D eigenvalue weighted by Gasteiger charge is 2.21. The van der Waals surface area contributed by atoms with Crippen molar-refractivity contribution in [2.75, 3.05) is 38.7 Å². The molecule has 2 N–H and O–H groups in total. The van der Waals surface area contributed by atoms with Crippen molar-refractivity contribution in [1.82, 2.24) is 15.3 Å². The fourth-order valence-electron chi connectivity index (χ4n) is 3.77. The third-order valence-corrected chi connectivity index (χ3v) is 5.28. The van der Waals surface area contributed by atoms with Crippen LogP contribution in [0.1, 0.15) is 36.4 Å². The van der Waals surface area contributed by atoms with E-state index in [1.165, 1.54) is 24.1 Å². The minimum atomic E-state index is 0.0281. The summed E-state index contributed by atoms with van der Waals surface area (Å²) in [5.74, 6) is 2.36. The minimum absolute atomic E-state index is 0.0281. The third kappa shape index (κ3) is 4.54. The van der Waals surface area contributed by atoms with Gasteiger partial charge in [0.2, 0.25) is 0 Å². The Kier molecular flexibility index (Phi) is 6.24. The van der Waals surface area contributed by atoms with Gasteiger partial charge in [-0.3, -0.25) is 4.98 Å². The maximum absolute atomic E-state index is 5.99. The summed E-state index contributed by atoms with van der Waals surface area (Å²) in [6, 6.07) is 7.93. The summed E-state index contributed by atoms with van der Waals surface area (Å²) in [4.78, 5) is 9.29. The average Bonchev–Trinajstić information content (AvgIpc) is 3.26. The molecule has 0 aliphatic carbocycles. The normalized spacial score (nSPS) is 22.0. The van der Waals surface area contributed by atoms with Crippen LogP contribution in [0.5, 0.6) is 11.6 Å². The van der Waals surface area contributed by atoms with Gasteiger partial charge < -0.3 is 24.8 Å². The Labute approximate surface area is 165 Å². The van der Waals surface area contributed by atoms with Crippen molar-refractivity contribution in [3.8, 4) is 11.6 Å². The Hall–Kier alpha value is -2.38. The highest BCUT2D eigenvalue weighted by atomic mass is 16.6. The number of rotatable bonds is 7. The van der Waals surface area contributed by atoms with E-state index in [-0.39, 0.29) is 6.10 Å². The molecular formula is C21H28N4O3. The van der Waals surface area contributed by atoms with Crippen molar-refractivity contribution in [3.63, 3.8) is 0 Å². The van der Waals surface area contributed by atoms with Crippen LogP contribution in [-0.4, -0.2) is 49.5 Å². The van der Waals surface area contributed by atoms with Gasteiger partial charge in [-0.15, -0.1) is 0 Å². The van der Waals surface area contributed by atoms with E-state index in [2.05, 4.69) is 26.7 Å². The molecule has 7 heteroatoms. The minimum Gasteiger partial charge on any atom is -0.491 e. The first-order valence-electron chi connectivity index (χ1n) is 10.0. The molecule has 28 heavy (non-hydrogen) atoms. The highest BCUT2D eigenvalue weighted by Crippen LogP contribution is 2.29. The molecule has 150 valence electrons. The second-order valence-corrected chi connectivity index (χ2v) is 7.25. The Morgan fingerprint density at radius 1 is 1.29 bits per heavy atom. The lowest BCUT2D eigenvalue weighted by molar-refractivity contribution is 0.135. The van der Waals surface area contributed by atoms with Gasteiger partial charge in [-0.05, 0) is 43.1 Å². The van der Waals surface area contributed by atoms with Crippen molar-refractivity contribution >= 4 is 5.82 Å². The molecular weight excluding hydrogens is 356 g/mol. The van der Waals surface area contributed by atoms with Gasteiger partial charge in [-0.2, -0.15) is 4.98 Å². The maximum atomic E-state index is 5.99. The molecule has 7 nitrogen and oxygen atoms in total. The monoisotopic (exact) mass is 384 g/mol. The number of ether oxygens (including phenoxy) is 3. The van der Waals surface area contributed by atoms with Gasteiger partial charge in [0.25, 0.3) is 5.88 Å². The van der Waals surface area contributed by atoms with Gasteiger partial charge in [0, 0.05) is 37.3 Å². The molecule has 4 rings (SSSR count). The highest BCUT2D eigenvalue weighted by molar-refractivity contribution is 5.45. The summed E-state index contributed by atoms with van der Waals surface area (Å²) >= 11 is 0. The number of pyridine rings is 2. The molecule has 2 aliphatic rings. The maximum Gasteiger partial charge on any atom is 0.259 e. The van der Waals surface area contributed by atoms with Crippen LogP contribution >= 0.6 is 0 Å². The zero-order valence-electron chi connectivity index (χ0n) is 16.3. The summed E-state index contributed by atoms with van der Waals surface area (Å²) in [5, 5.41) is 6.89. The largest absolute Gasteiger partial charge is 0.491 e. The van der Waals surface area contributed by atoms with Crippen LogP contribution in [0, 0.1) is 0 Å². The second-order valence-electron chi connectivity index (χ2n) is 7.25. The van der Waals surface area contributed by atoms with Crippen LogP contribution in [0.4, 0.5) is 5.82 Å². The number of anilines is 1. The number of nitrogens with one attached hydrogen (secondary N) is 2. The van der Waals surface area contributed by atoms with Gasteiger partial charge in [-0.25, -0.2) is 0 Å². The summed E-state index contributed by atoms with van der Waals surface area (Å²) < 4.78 is 16.8. The van der Waals surface area contributed by atoms with E-state index in [4.69, 9.17) is 14.2 Å². The van der Waals surface area contributed by atoms with Crippen molar-refractivity contribution in [3.05, 3.63) is 41.7 Å². The molecule has 2 saturated heterocycles. The van der Waals surface area contributed by atoms with Crippen LogP contribution < -0.4 is 20.1 Å². The number of methoxy groups -OCH3 is 1. The average molecular weight is 384 g/mol. The Balaban J connectivity index is 1.46. The second kappa shape index (κ2) is 9.21. The fraction of sp³-hybridized carbons (Fsp3) is 0.524. The molecule has 2 aromatic rings. The Morgan fingerprint density at radius 3 is 3.04 bits per heavy atom. The molecule has 4 heterocycles.